The summed E-state index contributed by atoms with van der Waals surface area (Å²) in [6.45, 7) is 9.15. The van der Waals surface area contributed by atoms with Gasteiger partial charge in [-0.15, -0.1) is 0 Å². The number of imidazole rings is 1. The van der Waals surface area contributed by atoms with Crippen LogP contribution in [0.4, 0.5) is 0 Å². The highest BCUT2D eigenvalue weighted by Gasteiger charge is 2.30. The van der Waals surface area contributed by atoms with Gasteiger partial charge in [0.15, 0.2) is 0 Å². The van der Waals surface area contributed by atoms with Crippen molar-refractivity contribution in [3.63, 3.8) is 0 Å². The van der Waals surface area contributed by atoms with Gasteiger partial charge in [-0.05, 0) is 39.0 Å². The summed E-state index contributed by atoms with van der Waals surface area (Å²) < 4.78 is 2.21. The second-order valence-corrected chi connectivity index (χ2v) is 6.63. The molecule has 1 aromatic carbocycles. The Bertz CT molecular complexity index is 736. The van der Waals surface area contributed by atoms with Crippen LogP contribution in [0.3, 0.4) is 0 Å². The van der Waals surface area contributed by atoms with Crippen LogP contribution in [0.5, 0.6) is 0 Å². The average molecular weight is 316 g/mol. The first-order valence-electron chi connectivity index (χ1n) is 8.09. The van der Waals surface area contributed by atoms with E-state index in [-0.39, 0.29) is 18.1 Å². The third-order valence-corrected chi connectivity index (χ3v) is 4.60. The SMILES string of the molecule is CCNC(=O)c1ccc2c(c1)nc1n2CCN(C(C)(C)CO)C1. The van der Waals surface area contributed by atoms with Crippen LogP contribution < -0.4 is 5.32 Å². The fourth-order valence-corrected chi connectivity index (χ4v) is 3.04. The molecular weight excluding hydrogens is 292 g/mol. The number of hydrogen-bond donors (Lipinski definition) is 2. The van der Waals surface area contributed by atoms with Crippen molar-refractivity contribution in [2.24, 2.45) is 0 Å². The van der Waals surface area contributed by atoms with Gasteiger partial charge in [-0.25, -0.2) is 4.98 Å². The molecule has 0 saturated carbocycles. The van der Waals surface area contributed by atoms with E-state index in [1.54, 1.807) is 0 Å². The summed E-state index contributed by atoms with van der Waals surface area (Å²) in [4.78, 5) is 18.9. The van der Waals surface area contributed by atoms with E-state index in [0.717, 1.165) is 29.9 Å². The normalized spacial score (nSPS) is 15.7. The molecule has 0 radical (unpaired) electrons. The van der Waals surface area contributed by atoms with Crippen molar-refractivity contribution >= 4 is 16.9 Å². The molecule has 6 heteroatoms. The minimum Gasteiger partial charge on any atom is -0.394 e. The number of carbonyl (C=O) groups excluding carboxylic acids is 1. The van der Waals surface area contributed by atoms with E-state index in [2.05, 4.69) is 14.8 Å². The van der Waals surface area contributed by atoms with Crippen molar-refractivity contribution in [2.75, 3.05) is 19.7 Å². The smallest absolute Gasteiger partial charge is 0.251 e. The summed E-state index contributed by atoms with van der Waals surface area (Å²) in [6, 6.07) is 5.68. The minimum atomic E-state index is -0.254. The van der Waals surface area contributed by atoms with Gasteiger partial charge in [0.1, 0.15) is 5.82 Å². The molecule has 1 aromatic heterocycles. The topological polar surface area (TPSA) is 70.4 Å². The van der Waals surface area contributed by atoms with Crippen molar-refractivity contribution < 1.29 is 9.90 Å². The number of amides is 1. The monoisotopic (exact) mass is 316 g/mol. The van der Waals surface area contributed by atoms with E-state index < -0.39 is 0 Å². The summed E-state index contributed by atoms with van der Waals surface area (Å²) in [5.74, 6) is 0.921. The van der Waals surface area contributed by atoms with Crippen molar-refractivity contribution in [3.8, 4) is 0 Å². The number of fused-ring (bicyclic) bond motifs is 3. The van der Waals surface area contributed by atoms with Crippen LogP contribution in [0, 0.1) is 0 Å². The third-order valence-electron chi connectivity index (χ3n) is 4.60. The molecule has 2 N–H and O–H groups in total. The molecule has 0 bridgehead atoms. The van der Waals surface area contributed by atoms with Gasteiger partial charge >= 0.3 is 0 Å². The molecule has 1 amide bonds. The van der Waals surface area contributed by atoms with Gasteiger partial charge in [0.25, 0.3) is 5.91 Å². The summed E-state index contributed by atoms with van der Waals surface area (Å²) in [7, 11) is 0. The number of carbonyl (C=O) groups is 1. The van der Waals surface area contributed by atoms with E-state index in [4.69, 9.17) is 4.98 Å². The molecule has 6 nitrogen and oxygen atoms in total. The van der Waals surface area contributed by atoms with Crippen molar-refractivity contribution in [1.29, 1.82) is 0 Å². The Balaban J connectivity index is 1.93. The summed E-state index contributed by atoms with van der Waals surface area (Å²) in [5, 5.41) is 12.4. The van der Waals surface area contributed by atoms with E-state index in [0.29, 0.717) is 18.7 Å². The predicted molar refractivity (Wildman–Crippen MR) is 89.3 cm³/mol. The average Bonchev–Trinajstić information content (AvgIpc) is 2.91. The molecule has 23 heavy (non-hydrogen) atoms. The van der Waals surface area contributed by atoms with E-state index >= 15 is 0 Å². The number of rotatable bonds is 4. The van der Waals surface area contributed by atoms with Crippen LogP contribution in [-0.4, -0.2) is 50.7 Å². The first kappa shape index (κ1) is 16.0. The highest BCUT2D eigenvalue weighted by Crippen LogP contribution is 2.25. The second-order valence-electron chi connectivity index (χ2n) is 6.63. The van der Waals surface area contributed by atoms with Gasteiger partial charge in [0, 0.05) is 30.7 Å². The number of nitrogens with zero attached hydrogens (tertiary/aromatic N) is 3. The molecule has 0 unspecified atom stereocenters. The van der Waals surface area contributed by atoms with Gasteiger partial charge in [0.2, 0.25) is 0 Å². The lowest BCUT2D eigenvalue weighted by atomic mass is 10.0. The van der Waals surface area contributed by atoms with Crippen molar-refractivity contribution in [3.05, 3.63) is 29.6 Å². The zero-order chi connectivity index (χ0) is 16.6. The molecule has 0 fully saturated rings. The molecule has 0 saturated heterocycles. The molecule has 0 spiro atoms. The molecule has 124 valence electrons. The van der Waals surface area contributed by atoms with Crippen LogP contribution in [0.25, 0.3) is 11.0 Å². The van der Waals surface area contributed by atoms with E-state index in [1.165, 1.54) is 0 Å². The van der Waals surface area contributed by atoms with Gasteiger partial charge in [0.05, 0.1) is 24.2 Å². The maximum absolute atomic E-state index is 12.0. The Labute approximate surface area is 136 Å². The predicted octanol–water partition coefficient (Wildman–Crippen LogP) is 1.37. The van der Waals surface area contributed by atoms with Crippen LogP contribution >= 0.6 is 0 Å². The van der Waals surface area contributed by atoms with Gasteiger partial charge in [-0.3, -0.25) is 9.69 Å². The Morgan fingerprint density at radius 3 is 2.87 bits per heavy atom. The Morgan fingerprint density at radius 2 is 2.17 bits per heavy atom. The molecule has 1 aliphatic rings. The largest absolute Gasteiger partial charge is 0.394 e. The van der Waals surface area contributed by atoms with Crippen LogP contribution in [-0.2, 0) is 13.1 Å². The quantitative estimate of drug-likeness (QED) is 0.894. The van der Waals surface area contributed by atoms with E-state index in [1.807, 2.05) is 39.0 Å². The van der Waals surface area contributed by atoms with Crippen LogP contribution in [0.1, 0.15) is 37.0 Å². The minimum absolute atomic E-state index is 0.0663. The number of nitrogens with one attached hydrogen (secondary N) is 1. The summed E-state index contributed by atoms with van der Waals surface area (Å²) >= 11 is 0. The first-order chi connectivity index (χ1) is 11.0. The number of hydrogen-bond acceptors (Lipinski definition) is 4. The highest BCUT2D eigenvalue weighted by molar-refractivity contribution is 5.97. The zero-order valence-electron chi connectivity index (χ0n) is 14.0. The van der Waals surface area contributed by atoms with Crippen LogP contribution in [0.15, 0.2) is 18.2 Å². The lowest BCUT2D eigenvalue weighted by Crippen LogP contribution is -2.50. The first-order valence-corrected chi connectivity index (χ1v) is 8.09. The van der Waals surface area contributed by atoms with Gasteiger partial charge < -0.3 is 15.0 Å². The standard InChI is InChI=1S/C17H24N4O2/c1-4-18-16(23)12-5-6-14-13(9-12)19-15-10-20(7-8-21(14)15)17(2,3)11-22/h5-6,9,22H,4,7-8,10-11H2,1-3H3,(H,18,23). The molecule has 3 rings (SSSR count). The van der Waals surface area contributed by atoms with Crippen molar-refractivity contribution in [2.45, 2.75) is 39.4 Å². The maximum Gasteiger partial charge on any atom is 0.251 e. The summed E-state index contributed by atoms with van der Waals surface area (Å²) in [6.07, 6.45) is 0. The Kier molecular flexibility index (Phi) is 4.12. The Hall–Kier alpha value is -1.92. The molecule has 1 aliphatic heterocycles. The van der Waals surface area contributed by atoms with Gasteiger partial charge in [-0.2, -0.15) is 0 Å². The fourth-order valence-electron chi connectivity index (χ4n) is 3.04. The zero-order valence-corrected chi connectivity index (χ0v) is 14.0. The maximum atomic E-state index is 12.0. The second kappa shape index (κ2) is 5.94. The number of benzene rings is 1. The molecule has 0 aliphatic carbocycles. The van der Waals surface area contributed by atoms with Crippen LogP contribution in [0.2, 0.25) is 0 Å². The highest BCUT2D eigenvalue weighted by atomic mass is 16.3. The Morgan fingerprint density at radius 1 is 1.39 bits per heavy atom. The number of aliphatic hydroxyl groups is 1. The van der Waals surface area contributed by atoms with Gasteiger partial charge in [-0.1, -0.05) is 0 Å². The molecule has 0 atom stereocenters. The van der Waals surface area contributed by atoms with E-state index in [9.17, 15) is 9.90 Å². The molecule has 2 aromatic rings. The lowest BCUT2D eigenvalue weighted by Gasteiger charge is -2.39. The lowest BCUT2D eigenvalue weighted by molar-refractivity contribution is 0.0356. The molecule has 2 heterocycles. The number of aliphatic hydroxyl groups excluding tert-OH is 1. The fraction of sp³-hybridized carbons (Fsp3) is 0.529. The summed E-state index contributed by atoms with van der Waals surface area (Å²) in [5.41, 5.74) is 2.31. The van der Waals surface area contributed by atoms with Crippen molar-refractivity contribution in [1.82, 2.24) is 19.8 Å². The number of aromatic nitrogens is 2. The molecular formula is C17H24N4O2. The third kappa shape index (κ3) is 2.84.